The quantitative estimate of drug-likeness (QED) is 0.822. The number of nitrogens with two attached hydrogens (primary N) is 1. The first-order valence-electron chi connectivity index (χ1n) is 5.27. The van der Waals surface area contributed by atoms with Crippen molar-refractivity contribution in [3.05, 3.63) is 24.0 Å². The molecule has 2 aromatic rings. The molecule has 0 aliphatic rings. The molecule has 0 spiro atoms. The van der Waals surface area contributed by atoms with Crippen molar-refractivity contribution in [2.45, 2.75) is 26.7 Å². The van der Waals surface area contributed by atoms with Gasteiger partial charge in [-0.25, -0.2) is 15.0 Å². The molecule has 2 N–H and O–H groups in total. The number of rotatable bonds is 3. The molecule has 0 saturated heterocycles. The molecule has 84 valence electrons. The molecule has 0 unspecified atom stereocenters. The van der Waals surface area contributed by atoms with E-state index in [1.807, 2.05) is 13.8 Å². The Morgan fingerprint density at radius 2 is 1.94 bits per heavy atom. The third-order valence-corrected chi connectivity index (χ3v) is 2.26. The maximum Gasteiger partial charge on any atom is 0.198 e. The third kappa shape index (κ3) is 1.73. The van der Waals surface area contributed by atoms with Crippen molar-refractivity contribution in [2.24, 2.45) is 0 Å². The van der Waals surface area contributed by atoms with E-state index in [4.69, 9.17) is 5.73 Å². The Balaban J connectivity index is 2.54. The largest absolute Gasteiger partial charge is 0.381 e. The Hall–Kier alpha value is -1.98. The van der Waals surface area contributed by atoms with Crippen LogP contribution < -0.4 is 5.73 Å². The zero-order valence-corrected chi connectivity index (χ0v) is 9.38. The predicted octanol–water partition coefficient (Wildman–Crippen LogP) is 0.764. The van der Waals surface area contributed by atoms with Crippen LogP contribution in [0, 0.1) is 0 Å². The molecule has 0 bridgehead atoms. The van der Waals surface area contributed by atoms with Crippen molar-refractivity contribution in [3.8, 4) is 5.82 Å². The van der Waals surface area contributed by atoms with Crippen LogP contribution in [0.5, 0.6) is 0 Å². The van der Waals surface area contributed by atoms with Crippen molar-refractivity contribution < 1.29 is 0 Å². The van der Waals surface area contributed by atoms with E-state index in [9.17, 15) is 0 Å². The molecule has 0 amide bonds. The van der Waals surface area contributed by atoms with Crippen LogP contribution in [-0.4, -0.2) is 24.7 Å². The number of hydrogen-bond acceptors (Lipinski definition) is 5. The topological polar surface area (TPSA) is 82.5 Å². The minimum atomic E-state index is 0.366. The van der Waals surface area contributed by atoms with Crippen LogP contribution in [0.1, 0.15) is 25.5 Å². The average molecular weight is 218 g/mol. The molecule has 2 heterocycles. The summed E-state index contributed by atoms with van der Waals surface area (Å²) in [7, 11) is 0. The summed E-state index contributed by atoms with van der Waals surface area (Å²) in [5.74, 6) is 2.56. The molecule has 0 radical (unpaired) electrons. The van der Waals surface area contributed by atoms with Crippen LogP contribution in [0.2, 0.25) is 0 Å². The Kier molecular flexibility index (Phi) is 2.80. The van der Waals surface area contributed by atoms with Crippen molar-refractivity contribution in [2.75, 3.05) is 5.73 Å². The molecule has 0 atom stereocenters. The highest BCUT2D eigenvalue weighted by atomic mass is 15.4. The lowest BCUT2D eigenvalue weighted by atomic mass is 10.4. The van der Waals surface area contributed by atoms with Gasteiger partial charge in [-0.3, -0.25) is 0 Å². The van der Waals surface area contributed by atoms with E-state index < -0.39 is 0 Å². The lowest BCUT2D eigenvalue weighted by molar-refractivity contribution is 0.767. The molecule has 0 saturated carbocycles. The Morgan fingerprint density at radius 1 is 1.19 bits per heavy atom. The maximum atomic E-state index is 5.76. The summed E-state index contributed by atoms with van der Waals surface area (Å²) >= 11 is 0. The number of hydrogen-bond donors (Lipinski definition) is 1. The van der Waals surface area contributed by atoms with E-state index in [0.717, 1.165) is 24.5 Å². The van der Waals surface area contributed by atoms with Gasteiger partial charge in [0.15, 0.2) is 17.5 Å². The van der Waals surface area contributed by atoms with Crippen LogP contribution in [0.15, 0.2) is 12.4 Å². The lowest BCUT2D eigenvalue weighted by Gasteiger charge is -2.04. The highest BCUT2D eigenvalue weighted by Crippen LogP contribution is 2.12. The maximum absolute atomic E-state index is 5.76. The summed E-state index contributed by atoms with van der Waals surface area (Å²) < 4.78 is 1.67. The van der Waals surface area contributed by atoms with Crippen LogP contribution in [0.25, 0.3) is 5.82 Å². The zero-order chi connectivity index (χ0) is 11.5. The van der Waals surface area contributed by atoms with E-state index >= 15 is 0 Å². The fourth-order valence-corrected chi connectivity index (χ4v) is 1.44. The van der Waals surface area contributed by atoms with E-state index in [1.165, 1.54) is 0 Å². The van der Waals surface area contributed by atoms with Gasteiger partial charge in [0.25, 0.3) is 0 Å². The third-order valence-electron chi connectivity index (χ3n) is 2.26. The van der Waals surface area contributed by atoms with Crippen LogP contribution in [-0.2, 0) is 12.8 Å². The van der Waals surface area contributed by atoms with E-state index in [-0.39, 0.29) is 0 Å². The SMILES string of the molecule is CCc1nc(CC)n(-c2nccnc2N)n1. The number of nitrogens with zero attached hydrogens (tertiary/aromatic N) is 5. The molecule has 0 fully saturated rings. The van der Waals surface area contributed by atoms with Crippen LogP contribution in [0.4, 0.5) is 5.82 Å². The van der Waals surface area contributed by atoms with Gasteiger partial charge >= 0.3 is 0 Å². The van der Waals surface area contributed by atoms with E-state index in [0.29, 0.717) is 11.6 Å². The predicted molar refractivity (Wildman–Crippen MR) is 60.1 cm³/mol. The molecule has 0 aromatic carbocycles. The first kappa shape index (κ1) is 10.5. The van der Waals surface area contributed by atoms with Gasteiger partial charge < -0.3 is 5.73 Å². The molecule has 6 nitrogen and oxygen atoms in total. The van der Waals surface area contributed by atoms with Gasteiger partial charge in [-0.2, -0.15) is 4.68 Å². The number of aromatic nitrogens is 5. The average Bonchev–Trinajstić information content (AvgIpc) is 2.72. The van der Waals surface area contributed by atoms with Gasteiger partial charge in [0.1, 0.15) is 5.82 Å². The van der Waals surface area contributed by atoms with Gasteiger partial charge in [-0.05, 0) is 0 Å². The van der Waals surface area contributed by atoms with Crippen molar-refractivity contribution >= 4 is 5.82 Å². The number of anilines is 1. The standard InChI is InChI=1S/C10H14N6/c1-3-7-14-8(4-2)16(15-7)10-9(11)12-5-6-13-10/h5-6H,3-4H2,1-2H3,(H2,11,12). The summed E-state index contributed by atoms with van der Waals surface area (Å²) in [4.78, 5) is 12.6. The monoisotopic (exact) mass is 218 g/mol. The van der Waals surface area contributed by atoms with Gasteiger partial charge in [-0.1, -0.05) is 13.8 Å². The molecule has 0 aliphatic heterocycles. The number of nitrogen functional groups attached to an aromatic ring is 1. The first-order valence-corrected chi connectivity index (χ1v) is 5.27. The van der Waals surface area contributed by atoms with Crippen molar-refractivity contribution in [1.29, 1.82) is 0 Å². The highest BCUT2D eigenvalue weighted by Gasteiger charge is 2.12. The molecular formula is C10H14N6. The molecule has 2 aromatic heterocycles. The molecule has 16 heavy (non-hydrogen) atoms. The molecule has 6 heteroatoms. The summed E-state index contributed by atoms with van der Waals surface area (Å²) in [6.07, 6.45) is 4.73. The second-order valence-electron chi connectivity index (χ2n) is 3.33. The Bertz CT molecular complexity index is 490. The molecule has 2 rings (SSSR count). The van der Waals surface area contributed by atoms with E-state index in [1.54, 1.807) is 17.1 Å². The minimum Gasteiger partial charge on any atom is -0.381 e. The minimum absolute atomic E-state index is 0.366. The van der Waals surface area contributed by atoms with Crippen LogP contribution in [0.3, 0.4) is 0 Å². The smallest absolute Gasteiger partial charge is 0.198 e. The van der Waals surface area contributed by atoms with Crippen molar-refractivity contribution in [1.82, 2.24) is 24.7 Å². The van der Waals surface area contributed by atoms with Crippen LogP contribution >= 0.6 is 0 Å². The summed E-state index contributed by atoms with van der Waals surface area (Å²) in [5, 5.41) is 4.35. The second kappa shape index (κ2) is 4.26. The number of aryl methyl sites for hydroxylation is 2. The highest BCUT2D eigenvalue weighted by molar-refractivity contribution is 5.45. The Labute approximate surface area is 93.6 Å². The van der Waals surface area contributed by atoms with Gasteiger partial charge in [0, 0.05) is 25.2 Å². The normalized spacial score (nSPS) is 10.6. The van der Waals surface area contributed by atoms with Crippen molar-refractivity contribution in [3.63, 3.8) is 0 Å². The summed E-state index contributed by atoms with van der Waals surface area (Å²) in [6, 6.07) is 0. The first-order chi connectivity index (χ1) is 7.76. The zero-order valence-electron chi connectivity index (χ0n) is 9.38. The van der Waals surface area contributed by atoms with Gasteiger partial charge in [0.05, 0.1) is 0 Å². The lowest BCUT2D eigenvalue weighted by Crippen LogP contribution is -2.08. The van der Waals surface area contributed by atoms with E-state index in [2.05, 4.69) is 20.1 Å². The van der Waals surface area contributed by atoms with Gasteiger partial charge in [-0.15, -0.1) is 5.10 Å². The Morgan fingerprint density at radius 3 is 2.56 bits per heavy atom. The molecular weight excluding hydrogens is 204 g/mol. The molecule has 0 aliphatic carbocycles. The fourth-order valence-electron chi connectivity index (χ4n) is 1.44. The summed E-state index contributed by atoms with van der Waals surface area (Å²) in [5.41, 5.74) is 5.76. The second-order valence-corrected chi connectivity index (χ2v) is 3.33. The van der Waals surface area contributed by atoms with Gasteiger partial charge in [0.2, 0.25) is 0 Å². The fraction of sp³-hybridized carbons (Fsp3) is 0.400. The summed E-state index contributed by atoms with van der Waals surface area (Å²) in [6.45, 7) is 4.03.